The smallest absolute Gasteiger partial charge is 0.250 e. The summed E-state index contributed by atoms with van der Waals surface area (Å²) in [6, 6.07) is 34.5. The van der Waals surface area contributed by atoms with Crippen LogP contribution in [0.3, 0.4) is 0 Å². The molecule has 0 fully saturated rings. The maximum Gasteiger partial charge on any atom is 0.250 e. The number of carbonyl (C=O) groups excluding carboxylic acids is 1. The van der Waals surface area contributed by atoms with Crippen molar-refractivity contribution in [3.8, 4) is 5.75 Å². The summed E-state index contributed by atoms with van der Waals surface area (Å²) in [5.74, 6) is 1.47. The monoisotopic (exact) mass is 547 g/mol. The Hall–Kier alpha value is -4.20. The van der Waals surface area contributed by atoms with Gasteiger partial charge in [0.1, 0.15) is 11.5 Å². The lowest BCUT2D eigenvalue weighted by atomic mass is 9.80. The zero-order valence-electron chi connectivity index (χ0n) is 21.2. The number of hydrogen-bond donors (Lipinski definition) is 1. The Bertz CT molecular complexity index is 1680. The molecule has 7 heteroatoms. The van der Waals surface area contributed by atoms with Crippen molar-refractivity contribution in [2.45, 2.75) is 17.2 Å². The third-order valence-corrected chi connectivity index (χ3v) is 8.72. The lowest BCUT2D eigenvalue weighted by Gasteiger charge is -2.30. The second-order valence-electron chi connectivity index (χ2n) is 9.11. The molecule has 0 bridgehead atoms. The minimum atomic E-state index is -0.193. The fourth-order valence-electron chi connectivity index (χ4n) is 4.72. The van der Waals surface area contributed by atoms with Crippen LogP contribution in [-0.2, 0) is 4.79 Å². The summed E-state index contributed by atoms with van der Waals surface area (Å²) in [7, 11) is 0. The van der Waals surface area contributed by atoms with E-state index in [9.17, 15) is 4.79 Å². The largest absolute Gasteiger partial charge is 0.456 e. The van der Waals surface area contributed by atoms with Crippen molar-refractivity contribution in [2.24, 2.45) is 5.10 Å². The number of aromatic nitrogens is 1. The summed E-state index contributed by atoms with van der Waals surface area (Å²) < 4.78 is 8.45. The minimum absolute atomic E-state index is 0.107. The van der Waals surface area contributed by atoms with Gasteiger partial charge in [-0.3, -0.25) is 4.79 Å². The zero-order valence-corrected chi connectivity index (χ0v) is 22.8. The van der Waals surface area contributed by atoms with Crippen LogP contribution in [-0.4, -0.2) is 22.9 Å². The molecule has 0 aliphatic carbocycles. The lowest BCUT2D eigenvalue weighted by Crippen LogP contribution is -2.22. The van der Waals surface area contributed by atoms with E-state index in [1.165, 1.54) is 22.9 Å². The summed E-state index contributed by atoms with van der Waals surface area (Å²) in [4.78, 5) is 17.3. The molecule has 39 heavy (non-hydrogen) atoms. The van der Waals surface area contributed by atoms with Gasteiger partial charge in [0.15, 0.2) is 4.34 Å². The molecule has 2 heterocycles. The maximum absolute atomic E-state index is 12.7. The first kappa shape index (κ1) is 25.1. The molecule has 0 radical (unpaired) electrons. The van der Waals surface area contributed by atoms with Crippen LogP contribution in [0.25, 0.3) is 16.0 Å². The average molecular weight is 548 g/mol. The zero-order chi connectivity index (χ0) is 26.6. The highest BCUT2D eigenvalue weighted by Gasteiger charge is 2.31. The lowest BCUT2D eigenvalue weighted by molar-refractivity contribution is -0.118. The second kappa shape index (κ2) is 11.3. The number of nitrogens with one attached hydrogen (secondary N) is 1. The van der Waals surface area contributed by atoms with Crippen LogP contribution in [0.4, 0.5) is 0 Å². The van der Waals surface area contributed by atoms with Crippen LogP contribution in [0.5, 0.6) is 5.75 Å². The molecule has 0 saturated carbocycles. The quantitative estimate of drug-likeness (QED) is 0.131. The van der Waals surface area contributed by atoms with Crippen molar-refractivity contribution in [3.05, 3.63) is 131 Å². The van der Waals surface area contributed by atoms with E-state index in [0.29, 0.717) is 0 Å². The van der Waals surface area contributed by atoms with Gasteiger partial charge in [-0.25, -0.2) is 10.4 Å². The number of allylic oxidation sites excluding steroid dienone is 1. The molecule has 5 aromatic rings. The highest BCUT2D eigenvalue weighted by atomic mass is 32.2. The van der Waals surface area contributed by atoms with E-state index in [2.05, 4.69) is 46.7 Å². The molecule has 192 valence electrons. The molecule has 5 nitrogen and oxygen atoms in total. The molecule has 1 aromatic heterocycles. The summed E-state index contributed by atoms with van der Waals surface area (Å²) in [6.45, 7) is 2.12. The number of rotatable bonds is 7. The number of para-hydroxylation sites is 2. The van der Waals surface area contributed by atoms with Gasteiger partial charge in [-0.2, -0.15) is 5.10 Å². The molecule has 1 amide bonds. The van der Waals surface area contributed by atoms with Crippen LogP contribution in [0, 0.1) is 6.92 Å². The van der Waals surface area contributed by atoms with E-state index in [4.69, 9.17) is 4.74 Å². The standard InChI is InChI=1S/C32H25N3O2S2/c1-21-11-5-6-14-23(21)30-24-15-7-9-17-27(24)37-31(22-12-3-2-4-13-22)25(30)19-33-35-29(36)20-38-32-34-26-16-8-10-18-28(26)39-32/h2-19,30H,20H2,1H3,(H,35,36)/b33-19-/t30-/m0/s1. The van der Waals surface area contributed by atoms with Gasteiger partial charge >= 0.3 is 0 Å². The number of fused-ring (bicyclic) bond motifs is 2. The predicted molar refractivity (Wildman–Crippen MR) is 160 cm³/mol. The molecule has 0 saturated heterocycles. The van der Waals surface area contributed by atoms with Gasteiger partial charge in [-0.15, -0.1) is 11.3 Å². The van der Waals surface area contributed by atoms with Crippen molar-refractivity contribution in [3.63, 3.8) is 0 Å². The van der Waals surface area contributed by atoms with Crippen LogP contribution in [0.2, 0.25) is 0 Å². The number of carbonyl (C=O) groups is 1. The minimum Gasteiger partial charge on any atom is -0.456 e. The normalized spacial score (nSPS) is 14.8. The molecule has 1 atom stereocenters. The maximum atomic E-state index is 12.7. The highest BCUT2D eigenvalue weighted by Crippen LogP contribution is 2.45. The van der Waals surface area contributed by atoms with Gasteiger partial charge in [0.05, 0.1) is 22.2 Å². The van der Waals surface area contributed by atoms with Crippen LogP contribution in [0.15, 0.2) is 118 Å². The third kappa shape index (κ3) is 5.37. The van der Waals surface area contributed by atoms with Crippen molar-refractivity contribution < 1.29 is 9.53 Å². The van der Waals surface area contributed by atoms with E-state index in [-0.39, 0.29) is 17.6 Å². The fourth-order valence-corrected chi connectivity index (χ4v) is 6.58. The Labute approximate surface area is 235 Å². The Balaban J connectivity index is 1.30. The fraction of sp³-hybridized carbons (Fsp3) is 0.0938. The summed E-state index contributed by atoms with van der Waals surface area (Å²) in [6.07, 6.45) is 1.73. The number of thiazole rings is 1. The van der Waals surface area contributed by atoms with Crippen molar-refractivity contribution in [1.29, 1.82) is 0 Å². The van der Waals surface area contributed by atoms with E-state index in [1.807, 2.05) is 78.9 Å². The molecule has 0 unspecified atom stereocenters. The van der Waals surface area contributed by atoms with Gasteiger partial charge < -0.3 is 4.74 Å². The first-order valence-corrected chi connectivity index (χ1v) is 14.4. The SMILES string of the molecule is Cc1ccccc1[C@@H]1C(/C=N\NC(=O)CSc2nc3ccccc3s2)=C(c2ccccc2)Oc2ccccc21. The van der Waals surface area contributed by atoms with Crippen molar-refractivity contribution in [1.82, 2.24) is 10.4 Å². The number of amides is 1. The molecule has 4 aromatic carbocycles. The third-order valence-electron chi connectivity index (χ3n) is 6.54. The van der Waals surface area contributed by atoms with Gasteiger partial charge in [-0.05, 0) is 36.2 Å². The van der Waals surface area contributed by atoms with Gasteiger partial charge in [0.2, 0.25) is 0 Å². The molecular weight excluding hydrogens is 523 g/mol. The topological polar surface area (TPSA) is 63.6 Å². The first-order chi connectivity index (χ1) is 19.2. The predicted octanol–water partition coefficient (Wildman–Crippen LogP) is 7.43. The summed E-state index contributed by atoms with van der Waals surface area (Å²) in [5.41, 5.74) is 8.90. The van der Waals surface area contributed by atoms with Crippen molar-refractivity contribution >= 4 is 51.2 Å². The molecule has 6 rings (SSSR count). The van der Waals surface area contributed by atoms with E-state index in [1.54, 1.807) is 17.6 Å². The Morgan fingerprint density at radius 1 is 0.949 bits per heavy atom. The number of thioether (sulfide) groups is 1. The van der Waals surface area contributed by atoms with Crippen LogP contribution in [0.1, 0.15) is 28.2 Å². The molecule has 1 aliphatic rings. The summed E-state index contributed by atoms with van der Waals surface area (Å²) in [5, 5.41) is 4.41. The number of benzene rings is 4. The number of aryl methyl sites for hydroxylation is 1. The molecular formula is C32H25N3O2S2. The average Bonchev–Trinajstić information content (AvgIpc) is 3.40. The molecule has 1 N–H and O–H groups in total. The van der Waals surface area contributed by atoms with Gasteiger partial charge in [0.25, 0.3) is 5.91 Å². The number of nitrogens with zero attached hydrogens (tertiary/aromatic N) is 2. The van der Waals surface area contributed by atoms with Crippen LogP contribution >= 0.6 is 23.1 Å². The first-order valence-electron chi connectivity index (χ1n) is 12.6. The van der Waals surface area contributed by atoms with Crippen LogP contribution < -0.4 is 10.2 Å². The van der Waals surface area contributed by atoms with Gasteiger partial charge in [0, 0.05) is 22.6 Å². The second-order valence-corrected chi connectivity index (χ2v) is 11.4. The van der Waals surface area contributed by atoms with E-state index in [0.717, 1.165) is 42.8 Å². The molecule has 0 spiro atoms. The Kier molecular flexibility index (Phi) is 7.25. The number of hydrogen-bond acceptors (Lipinski definition) is 6. The van der Waals surface area contributed by atoms with Crippen molar-refractivity contribution in [2.75, 3.05) is 5.75 Å². The molecule has 1 aliphatic heterocycles. The number of hydrazone groups is 1. The van der Waals surface area contributed by atoms with E-state index < -0.39 is 0 Å². The Morgan fingerprint density at radius 2 is 1.67 bits per heavy atom. The van der Waals surface area contributed by atoms with E-state index >= 15 is 0 Å². The van der Waals surface area contributed by atoms with Gasteiger partial charge in [-0.1, -0.05) is 96.7 Å². The highest BCUT2D eigenvalue weighted by molar-refractivity contribution is 8.01. The number of ether oxygens (including phenoxy) is 1. The summed E-state index contributed by atoms with van der Waals surface area (Å²) >= 11 is 3.00. The Morgan fingerprint density at radius 3 is 2.49 bits per heavy atom.